The first kappa shape index (κ1) is 62.6. The van der Waals surface area contributed by atoms with Crippen LogP contribution >= 0.6 is 0 Å². The van der Waals surface area contributed by atoms with E-state index >= 15 is 0 Å². The Labute approximate surface area is 408 Å². The van der Waals surface area contributed by atoms with E-state index in [4.69, 9.17) is 9.47 Å². The summed E-state index contributed by atoms with van der Waals surface area (Å²) in [6.07, 6.45) is 80.5. The van der Waals surface area contributed by atoms with Gasteiger partial charge in [0.15, 0.2) is 6.10 Å². The van der Waals surface area contributed by atoms with E-state index in [1.54, 1.807) is 0 Å². The van der Waals surface area contributed by atoms with Crippen LogP contribution in [0.4, 0.5) is 0 Å². The molecule has 5 nitrogen and oxygen atoms in total. The second-order valence-electron chi connectivity index (χ2n) is 17.9. The zero-order chi connectivity index (χ0) is 47.7. The van der Waals surface area contributed by atoms with Crippen LogP contribution in [-0.4, -0.2) is 36.4 Å². The highest BCUT2D eigenvalue weighted by Gasteiger charge is 2.16. The first-order valence-corrected chi connectivity index (χ1v) is 27.4. The minimum absolute atomic E-state index is 0.0703. The standard InChI is InChI=1S/C61H102O5/c1-3-5-7-9-11-13-15-17-19-20-21-22-23-24-25-26-27-28-29-30-31-32-33-34-35-36-37-38-39-40-42-44-46-48-50-52-54-56-61(64)66-59(57-62)58-65-60(63)55-53-51-49-47-45-43-41-18-16-14-12-10-8-6-4-2/h5,7,11,13,17,19,21-22,24-25,27-28,30-31,33-34,36-37,59,62H,3-4,6,8-10,12,14-16,18,20,23,26,29,32,35,38-58H2,1-2H3/b7-5-,13-11-,19-17-,22-21-,25-24-,28-27-,31-30-,34-33-,37-36-. The summed E-state index contributed by atoms with van der Waals surface area (Å²) < 4.78 is 10.7. The van der Waals surface area contributed by atoms with Crippen LogP contribution in [-0.2, 0) is 19.1 Å². The van der Waals surface area contributed by atoms with Crippen molar-refractivity contribution in [1.29, 1.82) is 0 Å². The van der Waals surface area contributed by atoms with Gasteiger partial charge < -0.3 is 14.6 Å². The highest BCUT2D eigenvalue weighted by Crippen LogP contribution is 2.15. The molecule has 0 bridgehead atoms. The van der Waals surface area contributed by atoms with E-state index < -0.39 is 6.10 Å². The minimum Gasteiger partial charge on any atom is -0.462 e. The summed E-state index contributed by atoms with van der Waals surface area (Å²) in [4.78, 5) is 24.4. The zero-order valence-corrected chi connectivity index (χ0v) is 42.9. The van der Waals surface area contributed by atoms with E-state index in [0.717, 1.165) is 103 Å². The molecular weight excluding hydrogens is 813 g/mol. The maximum Gasteiger partial charge on any atom is 0.306 e. The van der Waals surface area contributed by atoms with Crippen molar-refractivity contribution in [3.8, 4) is 0 Å². The van der Waals surface area contributed by atoms with Crippen molar-refractivity contribution in [3.63, 3.8) is 0 Å². The fraction of sp³-hybridized carbons (Fsp3) is 0.672. The molecule has 0 aromatic heterocycles. The molecule has 0 heterocycles. The number of hydrogen-bond acceptors (Lipinski definition) is 5. The SMILES string of the molecule is CC/C=C\C/C=C\C/C=C\C/C=C\C/C=C\C/C=C\C/C=C\C/C=C\C/C=C\CCCCCCCCCCCC(=O)OC(CO)COC(=O)CCCCCCCCCCCCCCCCC. The third-order valence-electron chi connectivity index (χ3n) is 11.6. The first-order valence-electron chi connectivity index (χ1n) is 27.4. The first-order chi connectivity index (χ1) is 32.6. The van der Waals surface area contributed by atoms with Gasteiger partial charge >= 0.3 is 11.9 Å². The predicted octanol–water partition coefficient (Wildman–Crippen LogP) is 18.5. The monoisotopic (exact) mass is 915 g/mol. The molecular formula is C61H102O5. The number of esters is 2. The summed E-state index contributed by atoms with van der Waals surface area (Å²) in [5.74, 6) is -0.596. The molecule has 0 aliphatic carbocycles. The molecule has 0 aliphatic rings. The maximum absolute atomic E-state index is 12.3. The molecule has 0 spiro atoms. The number of allylic oxidation sites excluding steroid dienone is 18. The number of rotatable bonds is 49. The van der Waals surface area contributed by atoms with Crippen LogP contribution < -0.4 is 0 Å². The Morgan fingerprint density at radius 1 is 0.364 bits per heavy atom. The number of carbonyl (C=O) groups excluding carboxylic acids is 2. The summed E-state index contributed by atoms with van der Waals surface area (Å²) in [6.45, 7) is 4.03. The van der Waals surface area contributed by atoms with Gasteiger partial charge in [-0.25, -0.2) is 0 Å². The van der Waals surface area contributed by atoms with E-state index in [1.165, 1.54) is 116 Å². The molecule has 1 unspecified atom stereocenters. The summed E-state index contributed by atoms with van der Waals surface area (Å²) >= 11 is 0. The van der Waals surface area contributed by atoms with Crippen molar-refractivity contribution < 1.29 is 24.2 Å². The number of unbranched alkanes of at least 4 members (excludes halogenated alkanes) is 23. The second kappa shape index (κ2) is 55.9. The van der Waals surface area contributed by atoms with Gasteiger partial charge in [0.2, 0.25) is 0 Å². The van der Waals surface area contributed by atoms with Crippen molar-refractivity contribution in [1.82, 2.24) is 0 Å². The van der Waals surface area contributed by atoms with Crippen molar-refractivity contribution >= 4 is 11.9 Å². The Balaban J connectivity index is 3.58. The topological polar surface area (TPSA) is 72.8 Å². The zero-order valence-electron chi connectivity index (χ0n) is 42.9. The summed E-state index contributed by atoms with van der Waals surface area (Å²) in [6, 6.07) is 0. The molecule has 1 atom stereocenters. The van der Waals surface area contributed by atoms with Crippen LogP contribution in [0.15, 0.2) is 109 Å². The number of carbonyl (C=O) groups is 2. The fourth-order valence-corrected chi connectivity index (χ4v) is 7.49. The molecule has 0 amide bonds. The van der Waals surface area contributed by atoms with Crippen molar-refractivity contribution in [2.24, 2.45) is 0 Å². The maximum atomic E-state index is 12.3. The molecule has 1 N–H and O–H groups in total. The third-order valence-corrected chi connectivity index (χ3v) is 11.6. The Hall–Kier alpha value is -3.44. The molecule has 0 aromatic carbocycles. The Morgan fingerprint density at radius 2 is 0.652 bits per heavy atom. The van der Waals surface area contributed by atoms with Crippen LogP contribution in [0.5, 0.6) is 0 Å². The molecule has 66 heavy (non-hydrogen) atoms. The summed E-state index contributed by atoms with van der Waals surface area (Å²) in [5, 5.41) is 9.63. The Bertz CT molecular complexity index is 1310. The minimum atomic E-state index is -0.779. The summed E-state index contributed by atoms with van der Waals surface area (Å²) in [7, 11) is 0. The van der Waals surface area contributed by atoms with Gasteiger partial charge in [0, 0.05) is 12.8 Å². The normalized spacial score (nSPS) is 13.1. The van der Waals surface area contributed by atoms with Crippen LogP contribution in [0.2, 0.25) is 0 Å². The molecule has 0 fully saturated rings. The van der Waals surface area contributed by atoms with Gasteiger partial charge in [-0.15, -0.1) is 0 Å². The van der Waals surface area contributed by atoms with Crippen LogP contribution in [0.3, 0.4) is 0 Å². The Kier molecular flexibility index (Phi) is 53.0. The lowest BCUT2D eigenvalue weighted by atomic mass is 10.0. The molecule has 376 valence electrons. The quantitative estimate of drug-likeness (QED) is 0.0374. The number of hydrogen-bond donors (Lipinski definition) is 1. The Morgan fingerprint density at radius 3 is 0.985 bits per heavy atom. The molecule has 0 radical (unpaired) electrons. The van der Waals surface area contributed by atoms with Gasteiger partial charge in [0.25, 0.3) is 0 Å². The van der Waals surface area contributed by atoms with Gasteiger partial charge in [-0.3, -0.25) is 9.59 Å². The lowest BCUT2D eigenvalue weighted by Crippen LogP contribution is -2.28. The van der Waals surface area contributed by atoms with E-state index in [0.29, 0.717) is 12.8 Å². The summed E-state index contributed by atoms with van der Waals surface area (Å²) in [5.41, 5.74) is 0. The van der Waals surface area contributed by atoms with Crippen LogP contribution in [0.1, 0.15) is 245 Å². The van der Waals surface area contributed by atoms with Gasteiger partial charge in [-0.05, 0) is 83.5 Å². The molecule has 0 aliphatic heterocycles. The van der Waals surface area contributed by atoms with Gasteiger partial charge in [-0.1, -0.05) is 258 Å². The largest absolute Gasteiger partial charge is 0.462 e. The van der Waals surface area contributed by atoms with E-state index in [9.17, 15) is 14.7 Å². The van der Waals surface area contributed by atoms with Crippen LogP contribution in [0, 0.1) is 0 Å². The van der Waals surface area contributed by atoms with Crippen molar-refractivity contribution in [3.05, 3.63) is 109 Å². The van der Waals surface area contributed by atoms with Crippen LogP contribution in [0.25, 0.3) is 0 Å². The average molecular weight is 915 g/mol. The van der Waals surface area contributed by atoms with Crippen molar-refractivity contribution in [2.45, 2.75) is 251 Å². The molecule has 0 saturated carbocycles. The third kappa shape index (κ3) is 53.2. The number of aliphatic hydroxyl groups is 1. The van der Waals surface area contributed by atoms with E-state index in [1.807, 2.05) is 0 Å². The van der Waals surface area contributed by atoms with Gasteiger partial charge in [0.1, 0.15) is 6.61 Å². The lowest BCUT2D eigenvalue weighted by molar-refractivity contribution is -0.161. The molecule has 0 saturated heterocycles. The predicted molar refractivity (Wildman–Crippen MR) is 288 cm³/mol. The van der Waals surface area contributed by atoms with Gasteiger partial charge in [0.05, 0.1) is 6.61 Å². The number of aliphatic hydroxyl groups excluding tert-OH is 1. The number of ether oxygens (including phenoxy) is 2. The lowest BCUT2D eigenvalue weighted by Gasteiger charge is -2.15. The second-order valence-corrected chi connectivity index (χ2v) is 17.9. The van der Waals surface area contributed by atoms with Gasteiger partial charge in [-0.2, -0.15) is 0 Å². The molecule has 5 heteroatoms. The van der Waals surface area contributed by atoms with Crippen molar-refractivity contribution in [2.75, 3.05) is 13.2 Å². The smallest absolute Gasteiger partial charge is 0.306 e. The van der Waals surface area contributed by atoms with E-state index in [-0.39, 0.29) is 25.2 Å². The molecule has 0 rings (SSSR count). The fourth-order valence-electron chi connectivity index (χ4n) is 7.49. The molecule has 0 aromatic rings. The average Bonchev–Trinajstić information content (AvgIpc) is 3.32. The van der Waals surface area contributed by atoms with E-state index in [2.05, 4.69) is 123 Å². The highest BCUT2D eigenvalue weighted by molar-refractivity contribution is 5.70. The highest BCUT2D eigenvalue weighted by atomic mass is 16.6.